The van der Waals surface area contributed by atoms with E-state index in [0.717, 1.165) is 52.8 Å². The van der Waals surface area contributed by atoms with Crippen LogP contribution in [0, 0.1) is 0 Å². The van der Waals surface area contributed by atoms with Crippen LogP contribution in [0.5, 0.6) is 5.75 Å². The van der Waals surface area contributed by atoms with E-state index in [0.29, 0.717) is 6.42 Å². The molecule has 1 aliphatic rings. The lowest BCUT2D eigenvalue weighted by Crippen LogP contribution is -2.25. The van der Waals surface area contributed by atoms with E-state index in [1.54, 1.807) is 0 Å². The summed E-state index contributed by atoms with van der Waals surface area (Å²) in [5.74, 6) is 1.69. The van der Waals surface area contributed by atoms with E-state index in [1.807, 2.05) is 59.1 Å². The third-order valence-electron chi connectivity index (χ3n) is 6.00. The number of nitrogens with zero attached hydrogens (tertiary/aromatic N) is 4. The lowest BCUT2D eigenvalue weighted by molar-refractivity contribution is 0.238. The molecule has 1 saturated heterocycles. The second-order valence-electron chi connectivity index (χ2n) is 8.28. The molecule has 0 amide bonds. The number of likely N-dealkylation sites (tertiary alicyclic amines) is 1. The SMILES string of the molecule is OCc1ccc(-c2cccc3nc(Cc4ccc(OCCN5CCCC5)cc4)nn23)cc1. The molecule has 0 unspecified atom stereocenters. The molecular formula is C26H28N4O2. The van der Waals surface area contributed by atoms with Crippen molar-refractivity contribution in [3.05, 3.63) is 83.7 Å². The van der Waals surface area contributed by atoms with Gasteiger partial charge in [-0.05, 0) is 61.3 Å². The molecule has 2 aromatic heterocycles. The molecule has 6 heteroatoms. The van der Waals surface area contributed by atoms with Gasteiger partial charge in [-0.2, -0.15) is 5.10 Å². The Labute approximate surface area is 188 Å². The van der Waals surface area contributed by atoms with Crippen molar-refractivity contribution in [1.29, 1.82) is 0 Å². The molecule has 3 heterocycles. The Morgan fingerprint density at radius 1 is 0.875 bits per heavy atom. The zero-order valence-electron chi connectivity index (χ0n) is 18.2. The predicted molar refractivity (Wildman–Crippen MR) is 125 cm³/mol. The Bertz CT molecular complexity index is 1160. The summed E-state index contributed by atoms with van der Waals surface area (Å²) in [4.78, 5) is 7.18. The Morgan fingerprint density at radius 2 is 1.62 bits per heavy atom. The number of aromatic nitrogens is 3. The number of hydrogen-bond acceptors (Lipinski definition) is 5. The van der Waals surface area contributed by atoms with Crippen LogP contribution in [0.1, 0.15) is 29.8 Å². The van der Waals surface area contributed by atoms with Crippen LogP contribution in [-0.2, 0) is 13.0 Å². The summed E-state index contributed by atoms with van der Waals surface area (Å²) in [5, 5.41) is 14.0. The Morgan fingerprint density at radius 3 is 2.38 bits per heavy atom. The van der Waals surface area contributed by atoms with Crippen LogP contribution in [0.3, 0.4) is 0 Å². The number of ether oxygens (including phenoxy) is 1. The molecule has 6 nitrogen and oxygen atoms in total. The van der Waals surface area contributed by atoms with Crippen molar-refractivity contribution in [3.63, 3.8) is 0 Å². The lowest BCUT2D eigenvalue weighted by atomic mass is 10.1. The zero-order chi connectivity index (χ0) is 21.8. The molecule has 0 radical (unpaired) electrons. The van der Waals surface area contributed by atoms with Gasteiger partial charge in [0, 0.05) is 18.5 Å². The van der Waals surface area contributed by atoms with E-state index in [-0.39, 0.29) is 6.61 Å². The molecule has 0 aliphatic carbocycles. The molecule has 0 bridgehead atoms. The van der Waals surface area contributed by atoms with Gasteiger partial charge < -0.3 is 9.84 Å². The van der Waals surface area contributed by atoms with Gasteiger partial charge in [0.15, 0.2) is 11.5 Å². The maximum Gasteiger partial charge on any atom is 0.156 e. The van der Waals surface area contributed by atoms with Crippen molar-refractivity contribution in [2.24, 2.45) is 0 Å². The summed E-state index contributed by atoms with van der Waals surface area (Å²) < 4.78 is 7.80. The number of rotatable bonds is 8. The first-order valence-electron chi connectivity index (χ1n) is 11.3. The molecule has 2 aromatic carbocycles. The molecule has 4 aromatic rings. The molecule has 164 valence electrons. The van der Waals surface area contributed by atoms with Crippen molar-refractivity contribution >= 4 is 5.65 Å². The first kappa shape index (κ1) is 20.7. The molecule has 32 heavy (non-hydrogen) atoms. The minimum Gasteiger partial charge on any atom is -0.492 e. The summed E-state index contributed by atoms with van der Waals surface area (Å²) >= 11 is 0. The number of fused-ring (bicyclic) bond motifs is 1. The van der Waals surface area contributed by atoms with Crippen molar-refractivity contribution in [1.82, 2.24) is 19.5 Å². The highest BCUT2D eigenvalue weighted by molar-refractivity contribution is 5.63. The van der Waals surface area contributed by atoms with Gasteiger partial charge in [0.1, 0.15) is 12.4 Å². The third kappa shape index (κ3) is 4.66. The number of aliphatic hydroxyl groups is 1. The number of pyridine rings is 1. The summed E-state index contributed by atoms with van der Waals surface area (Å²) in [6.45, 7) is 4.17. The average molecular weight is 429 g/mol. The van der Waals surface area contributed by atoms with Crippen LogP contribution >= 0.6 is 0 Å². The maximum absolute atomic E-state index is 9.28. The average Bonchev–Trinajstić information content (AvgIpc) is 3.49. The molecule has 1 N–H and O–H groups in total. The molecule has 0 spiro atoms. The second kappa shape index (κ2) is 9.51. The Kier molecular flexibility index (Phi) is 6.14. The van der Waals surface area contributed by atoms with Crippen molar-refractivity contribution < 1.29 is 9.84 Å². The smallest absolute Gasteiger partial charge is 0.156 e. The van der Waals surface area contributed by atoms with E-state index in [1.165, 1.54) is 25.9 Å². The number of hydrogen-bond donors (Lipinski definition) is 1. The van der Waals surface area contributed by atoms with Crippen molar-refractivity contribution in [2.45, 2.75) is 25.9 Å². The lowest BCUT2D eigenvalue weighted by Gasteiger charge is -2.14. The highest BCUT2D eigenvalue weighted by Crippen LogP contribution is 2.22. The van der Waals surface area contributed by atoms with Crippen LogP contribution in [0.2, 0.25) is 0 Å². The van der Waals surface area contributed by atoms with E-state index < -0.39 is 0 Å². The van der Waals surface area contributed by atoms with Crippen LogP contribution < -0.4 is 4.74 Å². The maximum atomic E-state index is 9.28. The van der Waals surface area contributed by atoms with Crippen LogP contribution in [0.4, 0.5) is 0 Å². The number of benzene rings is 2. The van der Waals surface area contributed by atoms with E-state index in [9.17, 15) is 5.11 Å². The first-order chi connectivity index (χ1) is 15.8. The highest BCUT2D eigenvalue weighted by Gasteiger charge is 2.12. The fourth-order valence-corrected chi connectivity index (χ4v) is 4.21. The van der Waals surface area contributed by atoms with Gasteiger partial charge in [0.05, 0.1) is 12.3 Å². The van der Waals surface area contributed by atoms with Gasteiger partial charge >= 0.3 is 0 Å². The Hall–Kier alpha value is -3.22. The minimum absolute atomic E-state index is 0.0419. The molecular weight excluding hydrogens is 400 g/mol. The quantitative estimate of drug-likeness (QED) is 0.460. The van der Waals surface area contributed by atoms with Crippen molar-refractivity contribution in [2.75, 3.05) is 26.2 Å². The monoisotopic (exact) mass is 428 g/mol. The topological polar surface area (TPSA) is 62.9 Å². The fourth-order valence-electron chi connectivity index (χ4n) is 4.21. The fraction of sp³-hybridized carbons (Fsp3) is 0.308. The summed E-state index contributed by atoms with van der Waals surface area (Å²) in [6, 6.07) is 22.1. The predicted octanol–water partition coefficient (Wildman–Crippen LogP) is 3.95. The standard InChI is InChI=1S/C26H28N4O2/c31-19-21-6-10-22(11-7-21)24-4-3-5-26-27-25(28-30(24)26)18-20-8-12-23(13-9-20)32-17-16-29-14-1-2-15-29/h3-13,31H,1-2,14-19H2. The number of aliphatic hydroxyl groups excluding tert-OH is 1. The van der Waals surface area contributed by atoms with Gasteiger partial charge in [-0.15, -0.1) is 0 Å². The van der Waals surface area contributed by atoms with Crippen molar-refractivity contribution in [3.8, 4) is 17.0 Å². The Balaban J connectivity index is 1.26. The molecule has 1 aliphatic heterocycles. The van der Waals surface area contributed by atoms with Gasteiger partial charge in [-0.1, -0.05) is 42.5 Å². The summed E-state index contributed by atoms with van der Waals surface area (Å²) in [7, 11) is 0. The van der Waals surface area contributed by atoms with Crippen LogP contribution in [-0.4, -0.2) is 50.8 Å². The molecule has 5 rings (SSSR count). The van der Waals surface area contributed by atoms with E-state index >= 15 is 0 Å². The minimum atomic E-state index is 0.0419. The van der Waals surface area contributed by atoms with E-state index in [2.05, 4.69) is 17.0 Å². The van der Waals surface area contributed by atoms with Gasteiger partial charge in [-0.3, -0.25) is 4.90 Å². The highest BCUT2D eigenvalue weighted by atomic mass is 16.5. The summed E-state index contributed by atoms with van der Waals surface area (Å²) in [5.41, 5.74) is 4.89. The van der Waals surface area contributed by atoms with E-state index in [4.69, 9.17) is 14.8 Å². The first-order valence-corrected chi connectivity index (χ1v) is 11.3. The second-order valence-corrected chi connectivity index (χ2v) is 8.28. The summed E-state index contributed by atoms with van der Waals surface area (Å²) in [6.07, 6.45) is 3.28. The largest absolute Gasteiger partial charge is 0.492 e. The van der Waals surface area contributed by atoms with Gasteiger partial charge in [-0.25, -0.2) is 9.50 Å². The van der Waals surface area contributed by atoms with Gasteiger partial charge in [0.25, 0.3) is 0 Å². The molecule has 0 atom stereocenters. The zero-order valence-corrected chi connectivity index (χ0v) is 18.2. The molecule has 0 saturated carbocycles. The molecule has 1 fully saturated rings. The third-order valence-corrected chi connectivity index (χ3v) is 6.00. The normalized spacial score (nSPS) is 14.3. The van der Waals surface area contributed by atoms with Crippen LogP contribution in [0.15, 0.2) is 66.7 Å². The van der Waals surface area contributed by atoms with Crippen LogP contribution in [0.25, 0.3) is 16.9 Å². The van der Waals surface area contributed by atoms with Gasteiger partial charge in [0.2, 0.25) is 0 Å².